The number of aromatic nitrogens is 2. The van der Waals surface area contributed by atoms with E-state index in [1.165, 1.54) is 0 Å². The monoisotopic (exact) mass is 210 g/mol. The van der Waals surface area contributed by atoms with Crippen LogP contribution in [0.2, 0.25) is 0 Å². The summed E-state index contributed by atoms with van der Waals surface area (Å²) in [6.07, 6.45) is 0. The topological polar surface area (TPSA) is 56.7 Å². The lowest BCUT2D eigenvalue weighted by atomic mass is 10.4. The second-order valence-corrected chi connectivity index (χ2v) is 4.12. The Hall–Kier alpha value is -1.56. The number of fused-ring (bicyclic) bond motifs is 1. The molecule has 2 rings (SSSR count). The number of rotatable bonds is 1. The largest absolute Gasteiger partial charge is 0.348 e. The lowest BCUT2D eigenvalue weighted by Crippen LogP contribution is -3.03. The molecule has 2 N–H and O–H groups in total. The second-order valence-electron chi connectivity index (χ2n) is 4.12. The van der Waals surface area contributed by atoms with Crippen LogP contribution in [0, 0.1) is 0 Å². The van der Waals surface area contributed by atoms with Gasteiger partial charge in [0.1, 0.15) is 0 Å². The van der Waals surface area contributed by atoms with E-state index in [2.05, 4.69) is 9.97 Å². The van der Waals surface area contributed by atoms with Crippen LogP contribution in [0.3, 0.4) is 0 Å². The van der Waals surface area contributed by atoms with E-state index in [1.54, 1.807) is 4.90 Å². The van der Waals surface area contributed by atoms with Crippen LogP contribution in [0.4, 0.5) is 17.5 Å². The van der Waals surface area contributed by atoms with E-state index >= 15 is 0 Å². The van der Waals surface area contributed by atoms with E-state index < -0.39 is 0 Å². The standard InChI is InChI=1S/C9H15N5O/c1-12(2)9-10-7-6(8(15)11-9)13(3)5-14(7)4/h5H2,1-4H3,(H,10,11,15)/p+1. The van der Waals surface area contributed by atoms with Crippen LogP contribution in [0.15, 0.2) is 4.79 Å². The van der Waals surface area contributed by atoms with Crippen molar-refractivity contribution in [2.45, 2.75) is 0 Å². The highest BCUT2D eigenvalue weighted by molar-refractivity contribution is 5.61. The van der Waals surface area contributed by atoms with E-state index in [4.69, 9.17) is 0 Å². The number of anilines is 2. The predicted octanol–water partition coefficient (Wildman–Crippen LogP) is -1.61. The lowest BCUT2D eigenvalue weighted by molar-refractivity contribution is -0.805. The summed E-state index contributed by atoms with van der Waals surface area (Å²) in [4.78, 5) is 23.9. The van der Waals surface area contributed by atoms with Crippen LogP contribution in [0.5, 0.6) is 0 Å². The maximum atomic E-state index is 11.8. The van der Waals surface area contributed by atoms with E-state index in [1.807, 2.05) is 33.1 Å². The molecule has 0 saturated heterocycles. The number of quaternary nitrogens is 1. The zero-order chi connectivity index (χ0) is 11.2. The minimum Gasteiger partial charge on any atom is -0.348 e. The van der Waals surface area contributed by atoms with Gasteiger partial charge >= 0.3 is 0 Å². The van der Waals surface area contributed by atoms with Crippen molar-refractivity contribution in [3.05, 3.63) is 10.4 Å². The van der Waals surface area contributed by atoms with Crippen molar-refractivity contribution in [3.63, 3.8) is 0 Å². The summed E-state index contributed by atoms with van der Waals surface area (Å²) in [6, 6.07) is 0. The highest BCUT2D eigenvalue weighted by Gasteiger charge is 2.31. The molecule has 1 aromatic rings. The Morgan fingerprint density at radius 3 is 2.80 bits per heavy atom. The number of nitrogens with zero attached hydrogens (tertiary/aromatic N) is 3. The molecule has 15 heavy (non-hydrogen) atoms. The Bertz CT molecular complexity index is 439. The first-order valence-corrected chi connectivity index (χ1v) is 4.86. The third-order valence-electron chi connectivity index (χ3n) is 2.57. The Morgan fingerprint density at radius 2 is 2.20 bits per heavy atom. The Morgan fingerprint density at radius 1 is 1.53 bits per heavy atom. The van der Waals surface area contributed by atoms with E-state index in [-0.39, 0.29) is 5.56 Å². The van der Waals surface area contributed by atoms with E-state index in [0.717, 1.165) is 17.4 Å². The first-order chi connectivity index (χ1) is 7.00. The second kappa shape index (κ2) is 3.23. The maximum absolute atomic E-state index is 11.8. The Kier molecular flexibility index (Phi) is 2.15. The van der Waals surface area contributed by atoms with Crippen molar-refractivity contribution < 1.29 is 4.90 Å². The van der Waals surface area contributed by atoms with Gasteiger partial charge < -0.3 is 9.80 Å². The number of nitrogens with one attached hydrogen (secondary N) is 2. The van der Waals surface area contributed by atoms with Crippen LogP contribution in [-0.2, 0) is 0 Å². The van der Waals surface area contributed by atoms with Crippen LogP contribution in [0.25, 0.3) is 0 Å². The van der Waals surface area contributed by atoms with Crippen molar-refractivity contribution >= 4 is 17.5 Å². The summed E-state index contributed by atoms with van der Waals surface area (Å²) >= 11 is 0. The van der Waals surface area contributed by atoms with Crippen LogP contribution in [-0.4, -0.2) is 44.8 Å². The van der Waals surface area contributed by atoms with Gasteiger partial charge in [0.2, 0.25) is 5.95 Å². The lowest BCUT2D eigenvalue weighted by Gasteiger charge is -2.11. The molecule has 0 saturated carbocycles. The minimum absolute atomic E-state index is 0.0666. The quantitative estimate of drug-likeness (QED) is 0.585. The molecule has 82 valence electrons. The molecule has 0 radical (unpaired) electrons. The fraction of sp³-hybridized carbons (Fsp3) is 0.556. The minimum atomic E-state index is -0.0666. The van der Waals surface area contributed by atoms with Gasteiger partial charge in [-0.2, -0.15) is 4.98 Å². The predicted molar refractivity (Wildman–Crippen MR) is 59.0 cm³/mol. The van der Waals surface area contributed by atoms with Gasteiger partial charge in [-0.3, -0.25) is 14.7 Å². The molecule has 2 heterocycles. The molecule has 0 fully saturated rings. The molecule has 1 aliphatic rings. The van der Waals surface area contributed by atoms with Crippen LogP contribution in [0.1, 0.15) is 0 Å². The number of aromatic amines is 1. The molecule has 0 amide bonds. The molecule has 6 nitrogen and oxygen atoms in total. The van der Waals surface area contributed by atoms with Gasteiger partial charge in [0.25, 0.3) is 11.4 Å². The summed E-state index contributed by atoms with van der Waals surface area (Å²) in [7, 11) is 7.63. The highest BCUT2D eigenvalue weighted by Crippen LogP contribution is 2.18. The number of hydrogen-bond donors (Lipinski definition) is 2. The summed E-state index contributed by atoms with van der Waals surface area (Å²) < 4.78 is 0. The molecule has 6 heteroatoms. The molecule has 1 aromatic heterocycles. The molecule has 0 aromatic carbocycles. The molecule has 1 atom stereocenters. The fourth-order valence-electron chi connectivity index (χ4n) is 1.83. The van der Waals surface area contributed by atoms with E-state index in [9.17, 15) is 4.79 Å². The van der Waals surface area contributed by atoms with Gasteiger partial charge in [-0.05, 0) is 0 Å². The fourth-order valence-corrected chi connectivity index (χ4v) is 1.83. The number of H-pyrrole nitrogens is 1. The normalized spacial score (nSPS) is 19.2. The Balaban J connectivity index is 2.61. The Labute approximate surface area is 88.1 Å². The third kappa shape index (κ3) is 1.46. The van der Waals surface area contributed by atoms with Gasteiger partial charge in [0, 0.05) is 21.1 Å². The summed E-state index contributed by atoms with van der Waals surface area (Å²) in [5, 5.41) is 0. The first-order valence-electron chi connectivity index (χ1n) is 4.86. The molecule has 0 spiro atoms. The highest BCUT2D eigenvalue weighted by atomic mass is 16.1. The molecule has 0 bridgehead atoms. The summed E-state index contributed by atoms with van der Waals surface area (Å²) in [5.74, 6) is 1.43. The molecule has 1 unspecified atom stereocenters. The average molecular weight is 210 g/mol. The summed E-state index contributed by atoms with van der Waals surface area (Å²) in [6.45, 7) is 0.780. The van der Waals surface area contributed by atoms with Gasteiger partial charge in [0.05, 0.1) is 7.05 Å². The summed E-state index contributed by atoms with van der Waals surface area (Å²) in [5.41, 5.74) is 0.612. The van der Waals surface area contributed by atoms with Gasteiger partial charge in [-0.1, -0.05) is 0 Å². The zero-order valence-corrected chi connectivity index (χ0v) is 9.46. The first kappa shape index (κ1) is 9.97. The van der Waals surface area contributed by atoms with Gasteiger partial charge in [-0.25, -0.2) is 0 Å². The number of hydrogen-bond acceptors (Lipinski definition) is 4. The smallest absolute Gasteiger partial charge is 0.282 e. The van der Waals surface area contributed by atoms with Gasteiger partial charge in [-0.15, -0.1) is 0 Å². The van der Waals surface area contributed by atoms with Gasteiger partial charge in [0.15, 0.2) is 12.4 Å². The van der Waals surface area contributed by atoms with E-state index in [0.29, 0.717) is 11.6 Å². The molecular formula is C9H16N5O+. The van der Waals surface area contributed by atoms with Crippen LogP contribution >= 0.6 is 0 Å². The third-order valence-corrected chi connectivity index (χ3v) is 2.57. The SMILES string of the molecule is CN(C)c1nc2c(c(=O)[nH]1)N(C)C[NH+]2C. The van der Waals surface area contributed by atoms with Crippen molar-refractivity contribution in [1.29, 1.82) is 0 Å². The van der Waals surface area contributed by atoms with Crippen molar-refractivity contribution in [2.24, 2.45) is 0 Å². The van der Waals surface area contributed by atoms with Crippen molar-refractivity contribution in [2.75, 3.05) is 44.7 Å². The van der Waals surface area contributed by atoms with Crippen molar-refractivity contribution in [3.8, 4) is 0 Å². The maximum Gasteiger partial charge on any atom is 0.282 e. The average Bonchev–Trinajstić information content (AvgIpc) is 2.42. The molecule has 1 aliphatic heterocycles. The molecule has 0 aliphatic carbocycles. The van der Waals surface area contributed by atoms with Crippen LogP contribution < -0.4 is 20.3 Å². The molecular weight excluding hydrogens is 194 g/mol. The zero-order valence-electron chi connectivity index (χ0n) is 9.46. The van der Waals surface area contributed by atoms with Crippen molar-refractivity contribution in [1.82, 2.24) is 9.97 Å².